The van der Waals surface area contributed by atoms with Crippen LogP contribution in [0.5, 0.6) is 5.75 Å². The van der Waals surface area contributed by atoms with Crippen molar-refractivity contribution in [3.05, 3.63) is 29.8 Å². The maximum Gasteiger partial charge on any atom is 0.378 e. The predicted molar refractivity (Wildman–Crippen MR) is 50.3 cm³/mol. The minimum absolute atomic E-state index is 0.166. The first-order chi connectivity index (χ1) is 7.13. The van der Waals surface area contributed by atoms with Gasteiger partial charge in [0.05, 0.1) is 6.61 Å². The van der Waals surface area contributed by atoms with Crippen molar-refractivity contribution in [3.8, 4) is 5.75 Å². The molecule has 0 saturated heterocycles. The number of ether oxygens (including phenoxy) is 2. The van der Waals surface area contributed by atoms with Gasteiger partial charge in [-0.3, -0.25) is 0 Å². The summed E-state index contributed by atoms with van der Waals surface area (Å²) in [5, 5.41) is 8.29. The minimum atomic E-state index is -2.34. The van der Waals surface area contributed by atoms with Crippen LogP contribution in [0.15, 0.2) is 24.3 Å². The third-order valence-corrected chi connectivity index (χ3v) is 1.64. The van der Waals surface area contributed by atoms with Crippen LogP contribution in [0.2, 0.25) is 0 Å². The normalized spacial score (nSPS) is 12.1. The van der Waals surface area contributed by atoms with Gasteiger partial charge in [0, 0.05) is 7.11 Å². The third-order valence-electron chi connectivity index (χ3n) is 1.64. The van der Waals surface area contributed by atoms with Crippen molar-refractivity contribution in [2.75, 3.05) is 7.11 Å². The molecule has 1 N–H and O–H groups in total. The van der Waals surface area contributed by atoms with E-state index in [-0.39, 0.29) is 5.75 Å². The molecule has 1 aromatic rings. The Morgan fingerprint density at radius 1 is 1.60 bits per heavy atom. The molecule has 0 aliphatic heterocycles. The van der Waals surface area contributed by atoms with Crippen LogP contribution in [0.1, 0.15) is 5.56 Å². The maximum absolute atomic E-state index is 12.7. The summed E-state index contributed by atoms with van der Waals surface area (Å²) in [4.78, 5) is 10.2. The standard InChI is InChI=1S/C10H11FO4/c1-14-6-7-3-2-4-8(5-7)15-9(11)10(12)13/h2-5,9H,6H2,1H3,(H,12,13). The van der Waals surface area contributed by atoms with Gasteiger partial charge in [0.25, 0.3) is 0 Å². The first-order valence-corrected chi connectivity index (χ1v) is 4.25. The average Bonchev–Trinajstić information content (AvgIpc) is 2.18. The molecule has 0 heterocycles. The summed E-state index contributed by atoms with van der Waals surface area (Å²) in [5.41, 5.74) is 0.785. The van der Waals surface area contributed by atoms with E-state index in [9.17, 15) is 9.18 Å². The fraction of sp³-hybridized carbons (Fsp3) is 0.300. The van der Waals surface area contributed by atoms with E-state index in [1.807, 2.05) is 0 Å². The van der Waals surface area contributed by atoms with Crippen LogP contribution in [0.25, 0.3) is 0 Å². The fourth-order valence-corrected chi connectivity index (χ4v) is 1.05. The number of methoxy groups -OCH3 is 1. The van der Waals surface area contributed by atoms with Gasteiger partial charge in [0.15, 0.2) is 0 Å². The number of hydrogen-bond donors (Lipinski definition) is 1. The summed E-state index contributed by atoms with van der Waals surface area (Å²) >= 11 is 0. The van der Waals surface area contributed by atoms with Gasteiger partial charge >= 0.3 is 12.3 Å². The Labute approximate surface area is 86.2 Å². The quantitative estimate of drug-likeness (QED) is 0.808. The van der Waals surface area contributed by atoms with E-state index in [1.54, 1.807) is 12.1 Å². The monoisotopic (exact) mass is 214 g/mol. The van der Waals surface area contributed by atoms with Crippen LogP contribution >= 0.6 is 0 Å². The zero-order valence-electron chi connectivity index (χ0n) is 8.14. The number of carbonyl (C=O) groups is 1. The van der Waals surface area contributed by atoms with Crippen LogP contribution in [-0.2, 0) is 16.1 Å². The molecule has 0 radical (unpaired) electrons. The predicted octanol–water partition coefficient (Wildman–Crippen LogP) is 1.59. The van der Waals surface area contributed by atoms with Gasteiger partial charge in [-0.15, -0.1) is 0 Å². The first kappa shape index (κ1) is 11.5. The van der Waals surface area contributed by atoms with Gasteiger partial charge in [-0.1, -0.05) is 12.1 Å². The van der Waals surface area contributed by atoms with Crippen LogP contribution in [0.4, 0.5) is 4.39 Å². The van der Waals surface area contributed by atoms with Gasteiger partial charge in [-0.05, 0) is 17.7 Å². The van der Waals surface area contributed by atoms with Gasteiger partial charge in [-0.2, -0.15) is 4.39 Å². The lowest BCUT2D eigenvalue weighted by Crippen LogP contribution is -2.21. The second-order valence-electron chi connectivity index (χ2n) is 2.85. The summed E-state index contributed by atoms with van der Waals surface area (Å²) in [6, 6.07) is 6.41. The molecule has 4 nitrogen and oxygen atoms in total. The number of alkyl halides is 1. The summed E-state index contributed by atoms with van der Waals surface area (Å²) in [5.74, 6) is -1.48. The van der Waals surface area contributed by atoms with E-state index in [2.05, 4.69) is 4.74 Å². The van der Waals surface area contributed by atoms with Crippen molar-refractivity contribution in [2.24, 2.45) is 0 Å². The molecule has 0 aliphatic rings. The number of aliphatic carboxylic acids is 1. The molecule has 1 atom stereocenters. The molecule has 0 saturated carbocycles. The Balaban J connectivity index is 2.68. The fourth-order valence-electron chi connectivity index (χ4n) is 1.05. The second kappa shape index (κ2) is 5.31. The molecule has 82 valence electrons. The lowest BCUT2D eigenvalue weighted by Gasteiger charge is -2.08. The Bertz CT molecular complexity index is 340. The number of benzene rings is 1. The van der Waals surface area contributed by atoms with E-state index in [4.69, 9.17) is 9.84 Å². The van der Waals surface area contributed by atoms with Gasteiger partial charge in [0.1, 0.15) is 5.75 Å². The molecule has 0 fully saturated rings. The Morgan fingerprint density at radius 2 is 2.33 bits per heavy atom. The highest BCUT2D eigenvalue weighted by atomic mass is 19.1. The highest BCUT2D eigenvalue weighted by molar-refractivity contribution is 5.70. The largest absolute Gasteiger partial charge is 0.476 e. The maximum atomic E-state index is 12.7. The Kier molecular flexibility index (Phi) is 4.05. The van der Waals surface area contributed by atoms with Crippen LogP contribution in [0, 0.1) is 0 Å². The second-order valence-corrected chi connectivity index (χ2v) is 2.85. The molecule has 0 aliphatic carbocycles. The SMILES string of the molecule is COCc1cccc(OC(F)C(=O)O)c1. The molecular weight excluding hydrogens is 203 g/mol. The van der Waals surface area contributed by atoms with E-state index in [0.717, 1.165) is 5.56 Å². The number of hydrogen-bond acceptors (Lipinski definition) is 3. The molecule has 0 spiro atoms. The molecular formula is C10H11FO4. The summed E-state index contributed by atoms with van der Waals surface area (Å²) in [6.45, 7) is 0.362. The highest BCUT2D eigenvalue weighted by Crippen LogP contribution is 2.15. The van der Waals surface area contributed by atoms with Crippen molar-refractivity contribution in [3.63, 3.8) is 0 Å². The van der Waals surface area contributed by atoms with E-state index < -0.39 is 12.3 Å². The number of halogens is 1. The Hall–Kier alpha value is -1.62. The zero-order valence-corrected chi connectivity index (χ0v) is 8.14. The van der Waals surface area contributed by atoms with Crippen LogP contribution in [0.3, 0.4) is 0 Å². The lowest BCUT2D eigenvalue weighted by atomic mass is 10.2. The lowest BCUT2D eigenvalue weighted by molar-refractivity contribution is -0.153. The van der Waals surface area contributed by atoms with Gasteiger partial charge < -0.3 is 14.6 Å². The highest BCUT2D eigenvalue weighted by Gasteiger charge is 2.16. The number of rotatable bonds is 5. The minimum Gasteiger partial charge on any atom is -0.476 e. The number of carboxylic acids is 1. The number of carboxylic acid groups (broad SMARTS) is 1. The van der Waals surface area contributed by atoms with Crippen LogP contribution < -0.4 is 4.74 Å². The first-order valence-electron chi connectivity index (χ1n) is 4.25. The van der Waals surface area contributed by atoms with Crippen molar-refractivity contribution in [2.45, 2.75) is 13.0 Å². The molecule has 5 heteroatoms. The topological polar surface area (TPSA) is 55.8 Å². The van der Waals surface area contributed by atoms with Crippen LogP contribution in [-0.4, -0.2) is 24.5 Å². The molecule has 1 rings (SSSR count). The third kappa shape index (κ3) is 3.55. The average molecular weight is 214 g/mol. The molecule has 1 unspecified atom stereocenters. The summed E-state index contributed by atoms with van der Waals surface area (Å²) < 4.78 is 22.1. The van der Waals surface area contributed by atoms with Crippen molar-refractivity contribution in [1.29, 1.82) is 0 Å². The summed E-state index contributed by atoms with van der Waals surface area (Å²) in [6.07, 6.45) is -2.34. The van der Waals surface area contributed by atoms with E-state index >= 15 is 0 Å². The molecule has 15 heavy (non-hydrogen) atoms. The van der Waals surface area contributed by atoms with Crippen molar-refractivity contribution < 1.29 is 23.8 Å². The van der Waals surface area contributed by atoms with Crippen molar-refractivity contribution in [1.82, 2.24) is 0 Å². The Morgan fingerprint density at radius 3 is 2.93 bits per heavy atom. The van der Waals surface area contributed by atoms with Crippen molar-refractivity contribution >= 4 is 5.97 Å². The zero-order chi connectivity index (χ0) is 11.3. The van der Waals surface area contributed by atoms with E-state index in [1.165, 1.54) is 19.2 Å². The molecule has 1 aromatic carbocycles. The molecule has 0 bridgehead atoms. The van der Waals surface area contributed by atoms with Gasteiger partial charge in [-0.25, -0.2) is 4.79 Å². The molecule has 0 amide bonds. The van der Waals surface area contributed by atoms with E-state index in [0.29, 0.717) is 6.61 Å². The smallest absolute Gasteiger partial charge is 0.378 e. The van der Waals surface area contributed by atoms with Gasteiger partial charge in [0.2, 0.25) is 0 Å². The summed E-state index contributed by atoms with van der Waals surface area (Å²) in [7, 11) is 1.53. The molecule has 0 aromatic heterocycles.